The average Bonchev–Trinajstić information content (AvgIpc) is 2.88. The van der Waals surface area contributed by atoms with E-state index in [4.69, 9.17) is 0 Å². The van der Waals surface area contributed by atoms with Crippen molar-refractivity contribution in [2.24, 2.45) is 0 Å². The van der Waals surface area contributed by atoms with Gasteiger partial charge in [0.15, 0.2) is 0 Å². The van der Waals surface area contributed by atoms with E-state index in [9.17, 15) is 8.42 Å². The van der Waals surface area contributed by atoms with Gasteiger partial charge in [-0.25, -0.2) is 13.4 Å². The Morgan fingerprint density at radius 3 is 2.58 bits per heavy atom. The smallest absolute Gasteiger partial charge is 0.243 e. The lowest BCUT2D eigenvalue weighted by Gasteiger charge is -2.37. The number of aromatic amines is 1. The van der Waals surface area contributed by atoms with Crippen molar-refractivity contribution in [3.05, 3.63) is 59.4 Å². The number of benzene rings is 2. The first kappa shape index (κ1) is 15.4. The predicted molar refractivity (Wildman–Crippen MR) is 93.5 cm³/mol. The molecule has 0 unspecified atom stereocenters. The van der Waals surface area contributed by atoms with E-state index in [0.717, 1.165) is 28.0 Å². The molecule has 1 saturated heterocycles. The number of aromatic nitrogens is 2. The molecule has 5 nitrogen and oxygen atoms in total. The molecule has 1 aromatic heterocycles. The number of fused-ring (bicyclic) bond motifs is 1. The van der Waals surface area contributed by atoms with Crippen LogP contribution in [0.1, 0.15) is 22.9 Å². The Balaban J connectivity index is 1.56. The number of nitrogens with zero attached hydrogens (tertiary/aromatic N) is 2. The summed E-state index contributed by atoms with van der Waals surface area (Å²) in [7, 11) is -3.43. The number of hydrogen-bond acceptors (Lipinski definition) is 3. The SMILES string of the molecule is Cc1ccc(S(=O)(=O)N2CC(c3nc4ccccc4[nH]3)C2)c(C)c1. The molecule has 1 aliphatic rings. The van der Waals surface area contributed by atoms with Gasteiger partial charge < -0.3 is 4.98 Å². The normalized spacial score (nSPS) is 16.4. The summed E-state index contributed by atoms with van der Waals surface area (Å²) < 4.78 is 27.1. The highest BCUT2D eigenvalue weighted by atomic mass is 32.2. The highest BCUT2D eigenvalue weighted by Gasteiger charge is 2.39. The summed E-state index contributed by atoms with van der Waals surface area (Å²) in [5, 5.41) is 0. The molecule has 3 aromatic rings. The van der Waals surface area contributed by atoms with E-state index >= 15 is 0 Å². The van der Waals surface area contributed by atoms with Crippen molar-refractivity contribution in [1.82, 2.24) is 14.3 Å². The van der Waals surface area contributed by atoms with Gasteiger partial charge in [-0.15, -0.1) is 0 Å². The van der Waals surface area contributed by atoms with Gasteiger partial charge in [0, 0.05) is 19.0 Å². The van der Waals surface area contributed by atoms with Crippen LogP contribution in [0.4, 0.5) is 0 Å². The van der Waals surface area contributed by atoms with E-state index in [-0.39, 0.29) is 5.92 Å². The molecule has 0 radical (unpaired) electrons. The van der Waals surface area contributed by atoms with E-state index in [2.05, 4.69) is 9.97 Å². The third kappa shape index (κ3) is 2.42. The molecule has 0 aliphatic carbocycles. The minimum Gasteiger partial charge on any atom is -0.342 e. The molecule has 1 aliphatic heterocycles. The Morgan fingerprint density at radius 1 is 1.12 bits per heavy atom. The summed E-state index contributed by atoms with van der Waals surface area (Å²) in [6, 6.07) is 13.3. The summed E-state index contributed by atoms with van der Waals surface area (Å²) in [6.45, 7) is 4.74. The summed E-state index contributed by atoms with van der Waals surface area (Å²) in [5.41, 5.74) is 3.77. The molecule has 0 atom stereocenters. The lowest BCUT2D eigenvalue weighted by Crippen LogP contribution is -2.48. The first-order chi connectivity index (χ1) is 11.4. The maximum Gasteiger partial charge on any atom is 0.243 e. The maximum absolute atomic E-state index is 12.8. The van der Waals surface area contributed by atoms with E-state index in [0.29, 0.717) is 18.0 Å². The topological polar surface area (TPSA) is 66.1 Å². The zero-order valence-corrected chi connectivity index (χ0v) is 14.5. The van der Waals surface area contributed by atoms with Gasteiger partial charge in [-0.1, -0.05) is 29.8 Å². The zero-order valence-electron chi connectivity index (χ0n) is 13.7. The molecule has 0 saturated carbocycles. The zero-order chi connectivity index (χ0) is 16.9. The van der Waals surface area contributed by atoms with Crippen molar-refractivity contribution in [3.8, 4) is 0 Å². The number of nitrogens with one attached hydrogen (secondary N) is 1. The summed E-state index contributed by atoms with van der Waals surface area (Å²) in [5.74, 6) is 0.987. The maximum atomic E-state index is 12.8. The van der Waals surface area contributed by atoms with E-state index in [1.54, 1.807) is 6.07 Å². The molecule has 6 heteroatoms. The standard InChI is InChI=1S/C18H19N3O2S/c1-12-7-8-17(13(2)9-12)24(22,23)21-10-14(11-21)18-19-15-5-3-4-6-16(15)20-18/h3-9,14H,10-11H2,1-2H3,(H,19,20). The van der Waals surface area contributed by atoms with Crippen LogP contribution in [0, 0.1) is 13.8 Å². The van der Waals surface area contributed by atoms with Crippen molar-refractivity contribution in [2.45, 2.75) is 24.7 Å². The Labute approximate surface area is 141 Å². The number of para-hydroxylation sites is 2. The van der Waals surface area contributed by atoms with Crippen molar-refractivity contribution in [3.63, 3.8) is 0 Å². The molecule has 24 heavy (non-hydrogen) atoms. The van der Waals surface area contributed by atoms with Crippen LogP contribution in [-0.2, 0) is 10.0 Å². The van der Waals surface area contributed by atoms with Gasteiger partial charge in [-0.3, -0.25) is 0 Å². The number of aryl methyl sites for hydroxylation is 2. The molecule has 1 N–H and O–H groups in total. The average molecular weight is 341 g/mol. The number of hydrogen-bond donors (Lipinski definition) is 1. The van der Waals surface area contributed by atoms with Crippen LogP contribution >= 0.6 is 0 Å². The van der Waals surface area contributed by atoms with Crippen molar-refractivity contribution in [2.75, 3.05) is 13.1 Å². The Morgan fingerprint density at radius 2 is 1.88 bits per heavy atom. The molecular weight excluding hydrogens is 322 g/mol. The van der Waals surface area contributed by atoms with Gasteiger partial charge in [0.05, 0.1) is 15.9 Å². The third-order valence-electron chi connectivity index (χ3n) is 4.59. The second-order valence-electron chi connectivity index (χ2n) is 6.43. The lowest BCUT2D eigenvalue weighted by atomic mass is 10.0. The Hall–Kier alpha value is -2.18. The molecule has 0 amide bonds. The van der Waals surface area contributed by atoms with Crippen LogP contribution in [0.3, 0.4) is 0 Å². The number of rotatable bonds is 3. The first-order valence-corrected chi connectivity index (χ1v) is 9.41. The minimum atomic E-state index is -3.43. The summed E-state index contributed by atoms with van der Waals surface area (Å²) >= 11 is 0. The van der Waals surface area contributed by atoms with E-state index in [1.165, 1.54) is 4.31 Å². The fraction of sp³-hybridized carbons (Fsp3) is 0.278. The predicted octanol–water partition coefficient (Wildman–Crippen LogP) is 2.97. The second kappa shape index (κ2) is 5.43. The van der Waals surface area contributed by atoms with Gasteiger partial charge in [0.25, 0.3) is 0 Å². The number of H-pyrrole nitrogens is 1. The molecule has 2 aromatic carbocycles. The van der Waals surface area contributed by atoms with Gasteiger partial charge >= 0.3 is 0 Å². The fourth-order valence-corrected chi connectivity index (χ4v) is 4.94. The minimum absolute atomic E-state index is 0.123. The van der Waals surface area contributed by atoms with Gasteiger partial charge in [-0.05, 0) is 37.6 Å². The molecule has 1 fully saturated rings. The lowest BCUT2D eigenvalue weighted by molar-refractivity contribution is 0.257. The molecular formula is C18H19N3O2S. The molecule has 0 bridgehead atoms. The molecule has 4 rings (SSSR count). The highest BCUT2D eigenvalue weighted by Crippen LogP contribution is 2.32. The van der Waals surface area contributed by atoms with Crippen molar-refractivity contribution in [1.29, 1.82) is 0 Å². The Kier molecular flexibility index (Phi) is 3.47. The van der Waals surface area contributed by atoms with E-state index < -0.39 is 10.0 Å². The van der Waals surface area contributed by atoms with Gasteiger partial charge in [-0.2, -0.15) is 4.31 Å². The second-order valence-corrected chi connectivity index (χ2v) is 8.33. The monoisotopic (exact) mass is 341 g/mol. The van der Waals surface area contributed by atoms with Crippen molar-refractivity contribution < 1.29 is 8.42 Å². The number of imidazole rings is 1. The van der Waals surface area contributed by atoms with Gasteiger partial charge in [0.2, 0.25) is 10.0 Å². The highest BCUT2D eigenvalue weighted by molar-refractivity contribution is 7.89. The fourth-order valence-electron chi connectivity index (χ4n) is 3.20. The Bertz CT molecular complexity index is 985. The first-order valence-electron chi connectivity index (χ1n) is 7.97. The largest absolute Gasteiger partial charge is 0.342 e. The van der Waals surface area contributed by atoms with Crippen LogP contribution in [0.5, 0.6) is 0 Å². The van der Waals surface area contributed by atoms with Crippen LogP contribution in [0.15, 0.2) is 47.4 Å². The summed E-state index contributed by atoms with van der Waals surface area (Å²) in [6.07, 6.45) is 0. The van der Waals surface area contributed by atoms with Crippen LogP contribution < -0.4 is 0 Å². The third-order valence-corrected chi connectivity index (χ3v) is 6.58. The van der Waals surface area contributed by atoms with Crippen LogP contribution in [-0.4, -0.2) is 35.8 Å². The van der Waals surface area contributed by atoms with E-state index in [1.807, 2.05) is 50.2 Å². The van der Waals surface area contributed by atoms with Crippen LogP contribution in [0.25, 0.3) is 11.0 Å². The van der Waals surface area contributed by atoms with Gasteiger partial charge in [0.1, 0.15) is 5.82 Å². The molecule has 2 heterocycles. The summed E-state index contributed by atoms with van der Waals surface area (Å²) in [4.78, 5) is 8.27. The van der Waals surface area contributed by atoms with Crippen molar-refractivity contribution >= 4 is 21.1 Å². The van der Waals surface area contributed by atoms with Crippen LogP contribution in [0.2, 0.25) is 0 Å². The molecule has 124 valence electrons. The quantitative estimate of drug-likeness (QED) is 0.796. The number of sulfonamides is 1. The molecule has 0 spiro atoms.